The number of hydrogen-bond donors (Lipinski definition) is 0. The molecule has 0 aromatic rings. The van der Waals surface area contributed by atoms with Crippen molar-refractivity contribution in [3.8, 4) is 0 Å². The average Bonchev–Trinajstić information content (AvgIpc) is 0. The van der Waals surface area contributed by atoms with Crippen LogP contribution in [-0.4, -0.2) is 21.9 Å². The van der Waals surface area contributed by atoms with E-state index in [-0.39, 0.29) is 177 Å². The van der Waals surface area contributed by atoms with Crippen LogP contribution in [0.4, 0.5) is 0 Å². The summed E-state index contributed by atoms with van der Waals surface area (Å²) in [7, 11) is 0. The molecule has 7 heteroatoms. The second-order valence-electron chi connectivity index (χ2n) is 0. The van der Waals surface area contributed by atoms with Crippen molar-refractivity contribution in [2.75, 3.05) is 0 Å². The Morgan fingerprint density at radius 2 is 0.571 bits per heavy atom. The molecule has 0 heterocycles. The van der Waals surface area contributed by atoms with Crippen LogP contribution in [0, 0.1) is 0 Å². The van der Waals surface area contributed by atoms with Crippen molar-refractivity contribution < 1.29 is 177 Å². The van der Waals surface area contributed by atoms with Gasteiger partial charge in [-0.2, -0.15) is 0 Å². The first-order valence-electron chi connectivity index (χ1n) is 0. The topological polar surface area (TPSA) is 123 Å². The van der Waals surface area contributed by atoms with E-state index < -0.39 is 0 Å². The van der Waals surface area contributed by atoms with Crippen molar-refractivity contribution in [1.29, 1.82) is 0 Å². The molecule has 0 saturated carbocycles. The van der Waals surface area contributed by atoms with Crippen LogP contribution in [0.5, 0.6) is 0 Å². The fourth-order valence-corrected chi connectivity index (χ4v) is 0. The molecule has 0 aromatic carbocycles. The molecule has 0 unspecified atom stereocenters. The fraction of sp³-hybridized carbons (Fsp3) is 0. The van der Waals surface area contributed by atoms with E-state index >= 15 is 0 Å². The molecule has 7 heavy (non-hydrogen) atoms. The predicted molar refractivity (Wildman–Crippen MR) is 11.1 cm³/mol. The van der Waals surface area contributed by atoms with Crippen LogP contribution >= 0.6 is 0 Å². The van der Waals surface area contributed by atoms with Crippen molar-refractivity contribution >= 4 is 0 Å². The minimum atomic E-state index is 0. The monoisotopic (exact) mass is 388 g/mol. The largest absolute Gasteiger partial charge is 1.00 e. The first-order valence-corrected chi connectivity index (χ1v) is 0. The van der Waals surface area contributed by atoms with Crippen LogP contribution in [0.25, 0.3) is 0 Å². The summed E-state index contributed by atoms with van der Waals surface area (Å²) in [6.45, 7) is 0. The van der Waals surface area contributed by atoms with Crippen LogP contribution in [0.3, 0.4) is 0 Å². The van der Waals surface area contributed by atoms with E-state index in [1.54, 1.807) is 0 Å². The predicted octanol–water partition coefficient (Wildman–Crippen LogP) is -8.00. The molecule has 0 atom stereocenters. The SMILES string of the molecule is O.O.[Cr].[Cs+].[Cs+].[OH-].[OH-]. The zero-order chi connectivity index (χ0) is 0. The minimum absolute atomic E-state index is 0. The third-order valence-electron chi connectivity index (χ3n) is 0. The second-order valence-corrected chi connectivity index (χ2v) is 0. The molecule has 0 saturated heterocycles. The summed E-state index contributed by atoms with van der Waals surface area (Å²) in [5.41, 5.74) is 0. The number of hydrogen-bond acceptors (Lipinski definition) is 2. The first-order chi connectivity index (χ1) is 0. The summed E-state index contributed by atoms with van der Waals surface area (Å²) in [6.07, 6.45) is 0. The van der Waals surface area contributed by atoms with E-state index in [9.17, 15) is 0 Å². The van der Waals surface area contributed by atoms with Gasteiger partial charge in [-0.3, -0.25) is 0 Å². The van der Waals surface area contributed by atoms with Crippen LogP contribution in [0.15, 0.2) is 0 Å². The maximum atomic E-state index is 0. The van der Waals surface area contributed by atoms with Crippen LogP contribution in [0.2, 0.25) is 0 Å². The van der Waals surface area contributed by atoms with Gasteiger partial charge in [-0.15, -0.1) is 0 Å². The van der Waals surface area contributed by atoms with E-state index in [4.69, 9.17) is 0 Å². The Morgan fingerprint density at radius 3 is 0.571 bits per heavy atom. The van der Waals surface area contributed by atoms with Gasteiger partial charge in [-0.25, -0.2) is 0 Å². The smallest absolute Gasteiger partial charge is 0.870 e. The zero-order valence-electron chi connectivity index (χ0n) is 4.30. The van der Waals surface area contributed by atoms with E-state index in [2.05, 4.69) is 0 Å². The van der Waals surface area contributed by atoms with Crippen LogP contribution in [0.1, 0.15) is 0 Å². The normalized spacial score (nSPS) is 0. The maximum Gasteiger partial charge on any atom is 1.00 e. The molecule has 0 aromatic heterocycles. The second kappa shape index (κ2) is 47.0. The average molecular weight is 388 g/mol. The summed E-state index contributed by atoms with van der Waals surface area (Å²) in [6, 6.07) is 0. The van der Waals surface area contributed by atoms with E-state index in [0.717, 1.165) is 0 Å². The Hall–Kier alpha value is 4.48. The van der Waals surface area contributed by atoms with Gasteiger partial charge in [0.2, 0.25) is 0 Å². The summed E-state index contributed by atoms with van der Waals surface area (Å²) in [4.78, 5) is 0. The molecular weight excluding hydrogens is 382 g/mol. The van der Waals surface area contributed by atoms with Gasteiger partial charge in [-0.1, -0.05) is 0 Å². The van der Waals surface area contributed by atoms with Gasteiger partial charge in [0.1, 0.15) is 0 Å². The van der Waals surface area contributed by atoms with Gasteiger partial charge in [0, 0.05) is 17.4 Å². The number of rotatable bonds is 0. The van der Waals surface area contributed by atoms with E-state index in [0.29, 0.717) is 0 Å². The third kappa shape index (κ3) is 37.6. The molecule has 0 aliphatic rings. The van der Waals surface area contributed by atoms with Crippen molar-refractivity contribution in [3.05, 3.63) is 0 Å². The molecular formula is H6CrCs2O4. The van der Waals surface area contributed by atoms with Gasteiger partial charge in [0.25, 0.3) is 0 Å². The molecule has 0 rings (SSSR count). The summed E-state index contributed by atoms with van der Waals surface area (Å²) < 4.78 is 0. The standard InChI is InChI=1S/Cr.2Cs.4H2O/h;;;4*1H2/q;2*+1;;;;/p-2. The summed E-state index contributed by atoms with van der Waals surface area (Å²) in [5.74, 6) is 0. The molecule has 4 nitrogen and oxygen atoms in total. The Balaban J connectivity index is 0. The molecule has 6 N–H and O–H groups in total. The third-order valence-corrected chi connectivity index (χ3v) is 0. The molecule has 0 radical (unpaired) electrons. The van der Waals surface area contributed by atoms with Gasteiger partial charge >= 0.3 is 138 Å². The summed E-state index contributed by atoms with van der Waals surface area (Å²) in [5, 5.41) is 0. The van der Waals surface area contributed by atoms with Crippen molar-refractivity contribution in [1.82, 2.24) is 0 Å². The molecule has 0 spiro atoms. The fourth-order valence-electron chi connectivity index (χ4n) is 0. The Bertz CT molecular complexity index is 9.65. The molecule has 0 aliphatic carbocycles. The summed E-state index contributed by atoms with van der Waals surface area (Å²) >= 11 is 0. The van der Waals surface area contributed by atoms with Gasteiger partial charge in [0.05, 0.1) is 0 Å². The van der Waals surface area contributed by atoms with Crippen molar-refractivity contribution in [2.24, 2.45) is 0 Å². The molecule has 0 bridgehead atoms. The Labute approximate surface area is 171 Å². The van der Waals surface area contributed by atoms with Crippen molar-refractivity contribution in [2.45, 2.75) is 0 Å². The Morgan fingerprint density at radius 1 is 0.571 bits per heavy atom. The molecule has 0 fully saturated rings. The van der Waals surface area contributed by atoms with E-state index in [1.807, 2.05) is 0 Å². The Kier molecular flexibility index (Phi) is 422. The molecule has 38 valence electrons. The first kappa shape index (κ1) is 62.9. The van der Waals surface area contributed by atoms with Crippen molar-refractivity contribution in [3.63, 3.8) is 0 Å². The van der Waals surface area contributed by atoms with Crippen LogP contribution in [-0.2, 0) is 17.4 Å². The van der Waals surface area contributed by atoms with E-state index in [1.165, 1.54) is 0 Å². The quantitative estimate of drug-likeness (QED) is 0.409. The van der Waals surface area contributed by atoms with Gasteiger partial charge in [-0.05, 0) is 0 Å². The van der Waals surface area contributed by atoms with Gasteiger partial charge in [0.15, 0.2) is 0 Å². The minimum Gasteiger partial charge on any atom is -0.870 e. The molecule has 0 aliphatic heterocycles. The maximum absolute atomic E-state index is 0. The van der Waals surface area contributed by atoms with Gasteiger partial charge < -0.3 is 21.9 Å². The zero-order valence-corrected chi connectivity index (χ0v) is 18.1. The van der Waals surface area contributed by atoms with Crippen LogP contribution < -0.4 is 138 Å². The molecule has 0 amide bonds.